The van der Waals surface area contributed by atoms with Gasteiger partial charge in [-0.15, -0.1) is 0 Å². The van der Waals surface area contributed by atoms with Crippen LogP contribution in [0.2, 0.25) is 5.02 Å². The van der Waals surface area contributed by atoms with Gasteiger partial charge in [0.05, 0.1) is 35.5 Å². The molecule has 174 valence electrons. The molecule has 1 N–H and O–H groups in total. The zero-order valence-electron chi connectivity index (χ0n) is 18.2. The smallest absolute Gasteiger partial charge is 0.264 e. The molecule has 0 aliphatic rings. The molecule has 33 heavy (non-hydrogen) atoms. The molecule has 1 amide bonds. The molecule has 0 saturated heterocycles. The Morgan fingerprint density at radius 1 is 0.970 bits per heavy atom. The molecule has 0 aromatic heterocycles. The van der Waals surface area contributed by atoms with E-state index in [9.17, 15) is 13.2 Å². The second kappa shape index (κ2) is 10.5. The van der Waals surface area contributed by atoms with Gasteiger partial charge < -0.3 is 19.5 Å². The van der Waals surface area contributed by atoms with Crippen LogP contribution in [-0.2, 0) is 14.8 Å². The number of methoxy groups -OCH3 is 2. The third-order valence-electron chi connectivity index (χ3n) is 4.72. The lowest BCUT2D eigenvalue weighted by Gasteiger charge is -2.19. The maximum absolute atomic E-state index is 12.7. The molecule has 8 nitrogen and oxygen atoms in total. The number of benzene rings is 3. The first-order valence-corrected chi connectivity index (χ1v) is 11.6. The molecule has 10 heteroatoms. The van der Waals surface area contributed by atoms with Crippen molar-refractivity contribution in [2.24, 2.45) is 0 Å². The molecule has 0 fully saturated rings. The summed E-state index contributed by atoms with van der Waals surface area (Å²) in [4.78, 5) is 12.5. The number of hydrogen-bond acceptors (Lipinski definition) is 6. The Bertz CT molecular complexity index is 1220. The van der Waals surface area contributed by atoms with Crippen molar-refractivity contribution in [1.29, 1.82) is 0 Å². The van der Waals surface area contributed by atoms with Crippen molar-refractivity contribution in [3.63, 3.8) is 0 Å². The van der Waals surface area contributed by atoms with Gasteiger partial charge in [0.2, 0.25) is 0 Å². The van der Waals surface area contributed by atoms with Crippen LogP contribution >= 0.6 is 11.6 Å². The summed E-state index contributed by atoms with van der Waals surface area (Å²) in [5.41, 5.74) is 0.837. The number of halogens is 1. The van der Waals surface area contributed by atoms with E-state index in [1.807, 2.05) is 0 Å². The van der Waals surface area contributed by atoms with Gasteiger partial charge in [0.15, 0.2) is 6.61 Å². The molecule has 0 atom stereocenters. The number of nitrogens with one attached hydrogen (secondary N) is 1. The summed E-state index contributed by atoms with van der Waals surface area (Å²) in [6.07, 6.45) is 0. The highest BCUT2D eigenvalue weighted by molar-refractivity contribution is 7.92. The summed E-state index contributed by atoms with van der Waals surface area (Å²) in [5.74, 6) is 0.741. The first-order chi connectivity index (χ1) is 15.8. The highest BCUT2D eigenvalue weighted by Crippen LogP contribution is 2.35. The molecule has 3 rings (SSSR count). The fourth-order valence-electron chi connectivity index (χ4n) is 2.93. The van der Waals surface area contributed by atoms with Gasteiger partial charge in [0.1, 0.15) is 17.2 Å². The number of rotatable bonds is 9. The van der Waals surface area contributed by atoms with E-state index in [1.165, 1.54) is 43.8 Å². The Morgan fingerprint density at radius 3 is 2.21 bits per heavy atom. The van der Waals surface area contributed by atoms with Crippen molar-refractivity contribution in [2.45, 2.75) is 4.90 Å². The van der Waals surface area contributed by atoms with Crippen LogP contribution in [0.25, 0.3) is 0 Å². The molecule has 0 spiro atoms. The van der Waals surface area contributed by atoms with E-state index < -0.39 is 15.9 Å². The molecule has 0 radical (unpaired) electrons. The number of sulfonamides is 1. The van der Waals surface area contributed by atoms with E-state index in [0.29, 0.717) is 33.6 Å². The van der Waals surface area contributed by atoms with Crippen molar-refractivity contribution >= 4 is 38.9 Å². The molecule has 0 heterocycles. The molecular weight excluding hydrogens is 468 g/mol. The Hall–Kier alpha value is -3.43. The van der Waals surface area contributed by atoms with Gasteiger partial charge in [0, 0.05) is 19.2 Å². The predicted octanol–water partition coefficient (Wildman–Crippen LogP) is 4.20. The van der Waals surface area contributed by atoms with Crippen molar-refractivity contribution in [3.8, 4) is 17.2 Å². The lowest BCUT2D eigenvalue weighted by molar-refractivity contribution is -0.118. The minimum atomic E-state index is -3.68. The SMILES string of the molecule is COc1cc(NC(=O)COc2ccc(N(C)S(=O)(=O)c3ccccc3)cc2)c(OC)cc1Cl. The van der Waals surface area contributed by atoms with Crippen molar-refractivity contribution < 1.29 is 27.4 Å². The van der Waals surface area contributed by atoms with Crippen LogP contribution in [0.1, 0.15) is 0 Å². The van der Waals surface area contributed by atoms with Crippen molar-refractivity contribution in [3.05, 3.63) is 71.8 Å². The quantitative estimate of drug-likeness (QED) is 0.483. The van der Waals surface area contributed by atoms with E-state index in [1.54, 1.807) is 48.5 Å². The van der Waals surface area contributed by atoms with E-state index in [2.05, 4.69) is 5.32 Å². The monoisotopic (exact) mass is 490 g/mol. The Kier molecular flexibility index (Phi) is 7.67. The van der Waals surface area contributed by atoms with Crippen LogP contribution in [0, 0.1) is 0 Å². The van der Waals surface area contributed by atoms with E-state index in [4.69, 9.17) is 25.8 Å². The molecular formula is C23H23ClN2O6S. The first-order valence-electron chi connectivity index (χ1n) is 9.74. The number of carbonyl (C=O) groups is 1. The highest BCUT2D eigenvalue weighted by Gasteiger charge is 2.21. The predicted molar refractivity (Wildman–Crippen MR) is 127 cm³/mol. The first kappa shape index (κ1) is 24.2. The second-order valence-corrected chi connectivity index (χ2v) is 9.18. The molecule has 0 aliphatic carbocycles. The van der Waals surface area contributed by atoms with E-state index in [-0.39, 0.29) is 11.5 Å². The Morgan fingerprint density at radius 2 is 1.61 bits per heavy atom. The number of ether oxygens (including phenoxy) is 3. The summed E-state index contributed by atoms with van der Waals surface area (Å²) >= 11 is 6.07. The van der Waals surface area contributed by atoms with Crippen molar-refractivity contribution in [1.82, 2.24) is 0 Å². The molecule has 0 aliphatic heterocycles. The van der Waals surface area contributed by atoms with Gasteiger partial charge in [-0.25, -0.2) is 8.42 Å². The largest absolute Gasteiger partial charge is 0.495 e. The van der Waals surface area contributed by atoms with Crippen LogP contribution < -0.4 is 23.8 Å². The summed E-state index contributed by atoms with van der Waals surface area (Å²) in [6.45, 7) is -0.272. The Labute approximate surface area is 197 Å². The molecule has 0 bridgehead atoms. The number of anilines is 2. The maximum Gasteiger partial charge on any atom is 0.264 e. The highest BCUT2D eigenvalue weighted by atomic mass is 35.5. The van der Waals surface area contributed by atoms with Gasteiger partial charge in [-0.2, -0.15) is 0 Å². The zero-order valence-corrected chi connectivity index (χ0v) is 19.8. The summed E-state index contributed by atoms with van der Waals surface area (Å²) < 4.78 is 42.6. The van der Waals surface area contributed by atoms with Crippen LogP contribution in [0.3, 0.4) is 0 Å². The fourth-order valence-corrected chi connectivity index (χ4v) is 4.38. The van der Waals surface area contributed by atoms with Crippen molar-refractivity contribution in [2.75, 3.05) is 37.5 Å². The van der Waals surface area contributed by atoms with Crippen LogP contribution in [-0.4, -0.2) is 42.2 Å². The van der Waals surface area contributed by atoms with Crippen LogP contribution in [0.4, 0.5) is 11.4 Å². The lowest BCUT2D eigenvalue weighted by atomic mass is 10.2. The second-order valence-electron chi connectivity index (χ2n) is 6.80. The third kappa shape index (κ3) is 5.68. The lowest BCUT2D eigenvalue weighted by Crippen LogP contribution is -2.26. The maximum atomic E-state index is 12.7. The van der Waals surface area contributed by atoms with E-state index in [0.717, 1.165) is 0 Å². The van der Waals surface area contributed by atoms with Gasteiger partial charge >= 0.3 is 0 Å². The normalized spacial score (nSPS) is 10.9. The average Bonchev–Trinajstić information content (AvgIpc) is 2.83. The Balaban J connectivity index is 1.63. The van der Waals surface area contributed by atoms with E-state index >= 15 is 0 Å². The summed E-state index contributed by atoms with van der Waals surface area (Å²) in [5, 5.41) is 3.04. The van der Waals surface area contributed by atoms with Crippen LogP contribution in [0.5, 0.6) is 17.2 Å². The zero-order chi connectivity index (χ0) is 24.0. The molecule has 3 aromatic carbocycles. The number of hydrogen-bond donors (Lipinski definition) is 1. The third-order valence-corrected chi connectivity index (χ3v) is 6.82. The van der Waals surface area contributed by atoms with Gasteiger partial charge in [-0.05, 0) is 36.4 Å². The van der Waals surface area contributed by atoms with Gasteiger partial charge in [-0.3, -0.25) is 9.10 Å². The minimum Gasteiger partial charge on any atom is -0.495 e. The molecule has 3 aromatic rings. The fraction of sp³-hybridized carbons (Fsp3) is 0.174. The summed E-state index contributed by atoms with van der Waals surface area (Å²) in [6, 6.07) is 17.6. The van der Waals surface area contributed by atoms with Gasteiger partial charge in [0.25, 0.3) is 15.9 Å². The summed E-state index contributed by atoms with van der Waals surface area (Å²) in [7, 11) is 0.714. The van der Waals surface area contributed by atoms with Crippen LogP contribution in [0.15, 0.2) is 71.6 Å². The number of carbonyl (C=O) groups excluding carboxylic acids is 1. The number of nitrogens with zero attached hydrogens (tertiary/aromatic N) is 1. The topological polar surface area (TPSA) is 94.2 Å². The number of amides is 1. The average molecular weight is 491 g/mol. The molecule has 0 unspecified atom stereocenters. The molecule has 0 saturated carbocycles. The van der Waals surface area contributed by atoms with Gasteiger partial charge in [-0.1, -0.05) is 29.8 Å². The standard InChI is InChI=1S/C23H23ClN2O6S/c1-26(33(28,29)18-7-5-4-6-8-18)16-9-11-17(12-10-16)32-15-23(27)25-20-14-21(30-2)19(24)13-22(20)31-3/h4-14H,15H2,1-3H3,(H,25,27). The minimum absolute atomic E-state index is 0.193.